The van der Waals surface area contributed by atoms with E-state index in [2.05, 4.69) is 30.9 Å². The van der Waals surface area contributed by atoms with Crippen molar-refractivity contribution in [1.29, 1.82) is 5.26 Å². The predicted octanol–water partition coefficient (Wildman–Crippen LogP) is 4.67. The van der Waals surface area contributed by atoms with Crippen LogP contribution >= 0.6 is 23.2 Å². The molecule has 0 fully saturated rings. The largest absolute Gasteiger partial charge is 0.355 e. The van der Waals surface area contributed by atoms with Crippen LogP contribution in [0.3, 0.4) is 0 Å². The molecule has 41 heavy (non-hydrogen) atoms. The molecular formula is C28H21Cl2N9O2. The van der Waals surface area contributed by atoms with Crippen molar-refractivity contribution < 1.29 is 9.59 Å². The molecular weight excluding hydrogens is 565 g/mol. The number of nitriles is 1. The number of pyridine rings is 1. The average molecular weight is 586 g/mol. The molecule has 0 spiro atoms. The quantitative estimate of drug-likeness (QED) is 0.282. The normalized spacial score (nSPS) is 10.7. The Morgan fingerprint density at radius 2 is 1.80 bits per heavy atom. The van der Waals surface area contributed by atoms with Gasteiger partial charge in [-0.2, -0.15) is 25.4 Å². The molecule has 0 aliphatic rings. The van der Waals surface area contributed by atoms with E-state index < -0.39 is 11.8 Å². The van der Waals surface area contributed by atoms with E-state index in [1.807, 2.05) is 24.3 Å². The molecule has 0 bridgehead atoms. The number of benzene rings is 2. The zero-order valence-corrected chi connectivity index (χ0v) is 23.3. The Labute approximate surface area is 244 Å². The summed E-state index contributed by atoms with van der Waals surface area (Å²) in [6.45, 7) is 1.82. The van der Waals surface area contributed by atoms with Crippen LogP contribution < -0.4 is 10.6 Å². The van der Waals surface area contributed by atoms with Crippen LogP contribution in [-0.2, 0) is 6.54 Å². The lowest BCUT2D eigenvalue weighted by Gasteiger charge is -2.14. The van der Waals surface area contributed by atoms with Crippen molar-refractivity contribution in [3.05, 3.63) is 105 Å². The second kappa shape index (κ2) is 11.6. The molecule has 2 amide bonds. The molecule has 5 rings (SSSR count). The van der Waals surface area contributed by atoms with Gasteiger partial charge >= 0.3 is 0 Å². The first-order valence-electron chi connectivity index (χ1n) is 12.2. The van der Waals surface area contributed by atoms with E-state index >= 15 is 0 Å². The first-order valence-corrected chi connectivity index (χ1v) is 13.0. The number of carbonyl (C=O) groups is 2. The van der Waals surface area contributed by atoms with Crippen LogP contribution in [0.4, 0.5) is 5.69 Å². The maximum atomic E-state index is 13.7. The van der Waals surface area contributed by atoms with Gasteiger partial charge in [-0.05, 0) is 48.9 Å². The fourth-order valence-electron chi connectivity index (χ4n) is 4.18. The van der Waals surface area contributed by atoms with Crippen LogP contribution in [0.1, 0.15) is 37.7 Å². The summed E-state index contributed by atoms with van der Waals surface area (Å²) in [5, 5.41) is 28.9. The van der Waals surface area contributed by atoms with E-state index in [0.717, 1.165) is 5.56 Å². The third kappa shape index (κ3) is 5.65. The summed E-state index contributed by atoms with van der Waals surface area (Å²) in [5.74, 6) is -0.797. The lowest BCUT2D eigenvalue weighted by atomic mass is 10.0. The number of carbonyl (C=O) groups excluding carboxylic acids is 2. The highest BCUT2D eigenvalue weighted by atomic mass is 35.5. The molecule has 3 aromatic heterocycles. The highest BCUT2D eigenvalue weighted by Crippen LogP contribution is 2.27. The van der Waals surface area contributed by atoms with Crippen LogP contribution in [-0.4, -0.2) is 48.6 Å². The molecule has 0 unspecified atom stereocenters. The summed E-state index contributed by atoms with van der Waals surface area (Å²) < 4.78 is 1.32. The first kappa shape index (κ1) is 27.5. The second-order valence-corrected chi connectivity index (χ2v) is 9.66. The monoisotopic (exact) mass is 585 g/mol. The highest BCUT2D eigenvalue weighted by Gasteiger charge is 2.23. The van der Waals surface area contributed by atoms with Crippen molar-refractivity contribution in [3.8, 4) is 23.1 Å². The maximum absolute atomic E-state index is 13.7. The number of nitrogens with one attached hydrogen (secondary N) is 2. The predicted molar refractivity (Wildman–Crippen MR) is 153 cm³/mol. The molecule has 5 aromatic rings. The number of hydrogen-bond acceptors (Lipinski definition) is 7. The van der Waals surface area contributed by atoms with E-state index in [1.165, 1.54) is 28.8 Å². The number of nitrogens with zero attached hydrogens (tertiary/aromatic N) is 7. The van der Waals surface area contributed by atoms with Crippen molar-refractivity contribution in [2.75, 3.05) is 12.4 Å². The van der Waals surface area contributed by atoms with Crippen molar-refractivity contribution in [3.63, 3.8) is 0 Å². The van der Waals surface area contributed by atoms with Gasteiger partial charge < -0.3 is 10.6 Å². The molecule has 11 nitrogen and oxygen atoms in total. The lowest BCUT2D eigenvalue weighted by molar-refractivity contribution is 0.0964. The average Bonchev–Trinajstić information content (AvgIpc) is 3.61. The van der Waals surface area contributed by atoms with Gasteiger partial charge in [-0.15, -0.1) is 0 Å². The first-order chi connectivity index (χ1) is 19.8. The van der Waals surface area contributed by atoms with Crippen molar-refractivity contribution in [2.45, 2.75) is 13.5 Å². The minimum absolute atomic E-state index is 0.102. The Kier molecular flexibility index (Phi) is 7.78. The minimum Gasteiger partial charge on any atom is -0.355 e. The number of aryl methyl sites for hydroxylation is 1. The standard InChI is InChI=1S/C28H21Cl2N9O2/c1-16-10-17(13-31)11-20(27(40)32-2)25(16)35-28(41)24-12-18(36-39(24)26-22(30)8-5-9-33-26)15-38-34-14-23(37-38)19-6-3-4-7-21(19)29/h3-12,14H,15H2,1-2H3,(H,32,40)(H,35,41). The second-order valence-electron chi connectivity index (χ2n) is 8.84. The number of amides is 2. The Hall–Kier alpha value is -5.05. The molecule has 0 aliphatic carbocycles. The van der Waals surface area contributed by atoms with Crippen LogP contribution in [0.5, 0.6) is 0 Å². The Bertz CT molecular complexity index is 1840. The number of anilines is 1. The zero-order chi connectivity index (χ0) is 29.1. The number of aromatic nitrogens is 6. The minimum atomic E-state index is -0.575. The topological polar surface area (TPSA) is 143 Å². The summed E-state index contributed by atoms with van der Waals surface area (Å²) in [5.41, 5.74) is 3.09. The molecule has 0 saturated heterocycles. The van der Waals surface area contributed by atoms with Crippen LogP contribution in [0, 0.1) is 18.3 Å². The van der Waals surface area contributed by atoms with Gasteiger partial charge in [-0.1, -0.05) is 41.4 Å². The maximum Gasteiger partial charge on any atom is 0.274 e. The van der Waals surface area contributed by atoms with Crippen molar-refractivity contribution >= 4 is 40.7 Å². The smallest absolute Gasteiger partial charge is 0.274 e. The van der Waals surface area contributed by atoms with E-state index in [0.29, 0.717) is 22.0 Å². The van der Waals surface area contributed by atoms with Crippen LogP contribution in [0.25, 0.3) is 17.1 Å². The summed E-state index contributed by atoms with van der Waals surface area (Å²) in [6, 6.07) is 17.2. The third-order valence-electron chi connectivity index (χ3n) is 6.10. The summed E-state index contributed by atoms with van der Waals surface area (Å²) in [6.07, 6.45) is 3.12. The summed E-state index contributed by atoms with van der Waals surface area (Å²) >= 11 is 12.7. The van der Waals surface area contributed by atoms with Gasteiger partial charge in [0, 0.05) is 18.8 Å². The van der Waals surface area contributed by atoms with Gasteiger partial charge in [-0.25, -0.2) is 9.67 Å². The van der Waals surface area contributed by atoms with Crippen LogP contribution in [0.15, 0.2) is 67.0 Å². The Morgan fingerprint density at radius 1 is 1.02 bits per heavy atom. The molecule has 0 aliphatic heterocycles. The molecule has 0 atom stereocenters. The molecule has 13 heteroatoms. The van der Waals surface area contributed by atoms with Gasteiger partial charge in [0.05, 0.1) is 44.8 Å². The SMILES string of the molecule is CNC(=O)c1cc(C#N)cc(C)c1NC(=O)c1cc(Cn2ncc(-c3ccccc3Cl)n2)nn1-c1ncccc1Cl. The van der Waals surface area contributed by atoms with E-state index in [-0.39, 0.29) is 39.9 Å². The fraction of sp³-hybridized carbons (Fsp3) is 0.107. The van der Waals surface area contributed by atoms with E-state index in [4.69, 9.17) is 23.2 Å². The zero-order valence-electron chi connectivity index (χ0n) is 21.8. The van der Waals surface area contributed by atoms with E-state index in [9.17, 15) is 14.9 Å². The molecule has 0 radical (unpaired) electrons. The molecule has 3 heterocycles. The lowest BCUT2D eigenvalue weighted by Crippen LogP contribution is -2.24. The van der Waals surface area contributed by atoms with Crippen molar-refractivity contribution in [2.24, 2.45) is 0 Å². The molecule has 204 valence electrons. The molecule has 2 aromatic carbocycles. The van der Waals surface area contributed by atoms with Gasteiger partial charge in [0.2, 0.25) is 0 Å². The van der Waals surface area contributed by atoms with Crippen LogP contribution in [0.2, 0.25) is 10.0 Å². The van der Waals surface area contributed by atoms with Gasteiger partial charge in [0.15, 0.2) is 5.82 Å². The summed E-state index contributed by atoms with van der Waals surface area (Å²) in [4.78, 5) is 32.0. The summed E-state index contributed by atoms with van der Waals surface area (Å²) in [7, 11) is 1.47. The number of halogens is 2. The Balaban J connectivity index is 1.52. The molecule has 2 N–H and O–H groups in total. The number of rotatable bonds is 7. The van der Waals surface area contributed by atoms with Crippen molar-refractivity contribution in [1.82, 2.24) is 35.1 Å². The Morgan fingerprint density at radius 3 is 2.54 bits per heavy atom. The van der Waals surface area contributed by atoms with E-state index in [1.54, 1.807) is 43.5 Å². The van der Waals surface area contributed by atoms with Gasteiger partial charge in [0.1, 0.15) is 17.9 Å². The molecule has 0 saturated carbocycles. The fourth-order valence-corrected chi connectivity index (χ4v) is 4.62. The highest BCUT2D eigenvalue weighted by molar-refractivity contribution is 6.33. The third-order valence-corrected chi connectivity index (χ3v) is 6.72. The van der Waals surface area contributed by atoms with Gasteiger partial charge in [0.25, 0.3) is 11.8 Å². The number of hydrogen-bond donors (Lipinski definition) is 2. The van der Waals surface area contributed by atoms with Gasteiger partial charge in [-0.3, -0.25) is 9.59 Å².